The predicted octanol–water partition coefficient (Wildman–Crippen LogP) is 3.65. The van der Waals surface area contributed by atoms with Crippen LogP contribution in [0.15, 0.2) is 48.5 Å². The average Bonchev–Trinajstić information content (AvgIpc) is 2.81. The van der Waals surface area contributed by atoms with Crippen molar-refractivity contribution >= 4 is 17.6 Å². The molecule has 1 unspecified atom stereocenters. The summed E-state index contributed by atoms with van der Waals surface area (Å²) < 4.78 is 5.54. The number of rotatable bonds is 4. The van der Waals surface area contributed by atoms with E-state index in [-0.39, 0.29) is 5.91 Å². The van der Waals surface area contributed by atoms with Gasteiger partial charge in [0.2, 0.25) is 6.10 Å². The van der Waals surface area contributed by atoms with Crippen LogP contribution in [0.3, 0.4) is 0 Å². The Morgan fingerprint density at radius 1 is 1.17 bits per heavy atom. The van der Waals surface area contributed by atoms with Crippen molar-refractivity contribution in [3.63, 3.8) is 0 Å². The summed E-state index contributed by atoms with van der Waals surface area (Å²) in [6.07, 6.45) is -0.0116. The minimum atomic E-state index is -0.857. The number of ether oxygens (including phenoxy) is 1. The van der Waals surface area contributed by atoms with Crippen LogP contribution in [0.4, 0.5) is 5.69 Å². The van der Waals surface area contributed by atoms with Gasteiger partial charge in [0.15, 0.2) is 0 Å². The lowest BCUT2D eigenvalue weighted by Crippen LogP contribution is -2.31. The maximum atomic E-state index is 12.7. The summed E-state index contributed by atoms with van der Waals surface area (Å²) >= 11 is 0. The van der Waals surface area contributed by atoms with Gasteiger partial charge in [-0.3, -0.25) is 4.79 Å². The smallest absolute Gasteiger partial charge is 0.339 e. The van der Waals surface area contributed by atoms with E-state index in [1.54, 1.807) is 29.2 Å². The lowest BCUT2D eigenvalue weighted by atomic mass is 10.1. The Balaban J connectivity index is 1.92. The van der Waals surface area contributed by atoms with Gasteiger partial charge in [-0.1, -0.05) is 36.8 Å². The van der Waals surface area contributed by atoms with Gasteiger partial charge < -0.3 is 9.64 Å². The van der Waals surface area contributed by atoms with Gasteiger partial charge >= 0.3 is 5.97 Å². The summed E-state index contributed by atoms with van der Waals surface area (Å²) in [6.45, 7) is 4.60. The largest absolute Gasteiger partial charge is 0.444 e. The maximum absolute atomic E-state index is 12.7. The summed E-state index contributed by atoms with van der Waals surface area (Å²) in [5.74, 6) is -0.647. The van der Waals surface area contributed by atoms with Crippen molar-refractivity contribution in [1.29, 1.82) is 0 Å². The van der Waals surface area contributed by atoms with E-state index in [1.807, 2.05) is 38.1 Å². The van der Waals surface area contributed by atoms with Crippen molar-refractivity contribution in [2.24, 2.45) is 0 Å². The van der Waals surface area contributed by atoms with Gasteiger partial charge in [0.05, 0.1) is 11.3 Å². The molecule has 4 heteroatoms. The third-order valence-electron chi connectivity index (χ3n) is 3.93. The van der Waals surface area contributed by atoms with Crippen molar-refractivity contribution < 1.29 is 14.3 Å². The summed E-state index contributed by atoms with van der Waals surface area (Å²) in [4.78, 5) is 26.7. The Kier molecular flexibility index (Phi) is 4.15. The summed E-state index contributed by atoms with van der Waals surface area (Å²) in [5.41, 5.74) is 3.10. The van der Waals surface area contributed by atoms with E-state index in [0.29, 0.717) is 12.1 Å². The predicted molar refractivity (Wildman–Crippen MR) is 88.4 cm³/mol. The van der Waals surface area contributed by atoms with Crippen molar-refractivity contribution in [2.75, 3.05) is 11.4 Å². The van der Waals surface area contributed by atoms with Gasteiger partial charge in [-0.05, 0) is 37.6 Å². The first-order valence-electron chi connectivity index (χ1n) is 7.79. The van der Waals surface area contributed by atoms with E-state index < -0.39 is 12.1 Å². The first-order chi connectivity index (χ1) is 11.1. The highest BCUT2D eigenvalue weighted by atomic mass is 16.5. The monoisotopic (exact) mass is 309 g/mol. The molecule has 3 rings (SSSR count). The van der Waals surface area contributed by atoms with Crippen LogP contribution in [0, 0.1) is 6.92 Å². The van der Waals surface area contributed by atoms with Crippen LogP contribution < -0.4 is 4.90 Å². The number of carbonyl (C=O) groups excluding carboxylic acids is 2. The zero-order chi connectivity index (χ0) is 16.4. The highest BCUT2D eigenvalue weighted by Gasteiger charge is 2.39. The molecule has 1 aliphatic heterocycles. The fraction of sp³-hybridized carbons (Fsp3) is 0.263. The molecular formula is C19H19NO3. The minimum Gasteiger partial charge on any atom is -0.444 e. The second-order valence-electron chi connectivity index (χ2n) is 5.70. The van der Waals surface area contributed by atoms with Crippen LogP contribution in [0.2, 0.25) is 0 Å². The number of carbonyl (C=O) groups is 2. The number of benzene rings is 2. The number of fused-ring (bicyclic) bond motifs is 1. The Labute approximate surface area is 135 Å². The molecule has 0 bridgehead atoms. The van der Waals surface area contributed by atoms with Gasteiger partial charge in [0.1, 0.15) is 0 Å². The molecule has 0 N–H and O–H groups in total. The van der Waals surface area contributed by atoms with Crippen molar-refractivity contribution in [3.8, 4) is 0 Å². The lowest BCUT2D eigenvalue weighted by molar-refractivity contribution is -0.126. The van der Waals surface area contributed by atoms with E-state index in [2.05, 4.69) is 0 Å². The molecule has 1 atom stereocenters. The number of esters is 1. The van der Waals surface area contributed by atoms with Gasteiger partial charge in [-0.25, -0.2) is 4.79 Å². The average molecular weight is 309 g/mol. The SMILES string of the molecule is CCCN1C(=O)C(OC(=O)c2ccccc2)c2cc(C)ccc21. The number of aryl methyl sites for hydroxylation is 1. The quantitative estimate of drug-likeness (QED) is 0.810. The van der Waals surface area contributed by atoms with Crippen LogP contribution in [0.1, 0.15) is 40.9 Å². The molecule has 0 saturated carbocycles. The van der Waals surface area contributed by atoms with Gasteiger partial charge in [0.25, 0.3) is 5.91 Å². The van der Waals surface area contributed by atoms with Gasteiger partial charge in [-0.2, -0.15) is 0 Å². The normalized spacial score (nSPS) is 16.3. The molecule has 0 aromatic heterocycles. The molecule has 1 heterocycles. The zero-order valence-corrected chi connectivity index (χ0v) is 13.3. The number of anilines is 1. The topological polar surface area (TPSA) is 46.6 Å². The first kappa shape index (κ1) is 15.3. The lowest BCUT2D eigenvalue weighted by Gasteiger charge is -2.16. The van der Waals surface area contributed by atoms with E-state index in [9.17, 15) is 9.59 Å². The summed E-state index contributed by atoms with van der Waals surface area (Å²) in [5, 5.41) is 0. The minimum absolute atomic E-state index is 0.170. The molecule has 4 nitrogen and oxygen atoms in total. The zero-order valence-electron chi connectivity index (χ0n) is 13.3. The van der Waals surface area contributed by atoms with E-state index in [0.717, 1.165) is 23.2 Å². The van der Waals surface area contributed by atoms with E-state index in [4.69, 9.17) is 4.74 Å². The highest BCUT2D eigenvalue weighted by Crippen LogP contribution is 2.39. The molecule has 0 fully saturated rings. The van der Waals surface area contributed by atoms with Crippen LogP contribution in [0.5, 0.6) is 0 Å². The van der Waals surface area contributed by atoms with Crippen LogP contribution in [-0.2, 0) is 9.53 Å². The Bertz CT molecular complexity index is 740. The standard InChI is InChI=1S/C19H19NO3/c1-3-11-20-16-10-9-13(2)12-15(16)17(18(20)21)23-19(22)14-7-5-4-6-8-14/h4-10,12,17H,3,11H2,1-2H3. The maximum Gasteiger partial charge on any atom is 0.339 e. The van der Waals surface area contributed by atoms with Gasteiger partial charge in [0, 0.05) is 12.1 Å². The Morgan fingerprint density at radius 2 is 1.91 bits per heavy atom. The number of nitrogens with zero attached hydrogens (tertiary/aromatic N) is 1. The fourth-order valence-electron chi connectivity index (χ4n) is 2.84. The van der Waals surface area contributed by atoms with Crippen molar-refractivity contribution in [1.82, 2.24) is 0 Å². The third kappa shape index (κ3) is 2.84. The highest BCUT2D eigenvalue weighted by molar-refractivity contribution is 6.05. The second kappa shape index (κ2) is 6.24. The van der Waals surface area contributed by atoms with Crippen molar-refractivity contribution in [2.45, 2.75) is 26.4 Å². The Morgan fingerprint density at radius 3 is 2.61 bits per heavy atom. The van der Waals surface area contributed by atoms with Crippen LogP contribution in [-0.4, -0.2) is 18.4 Å². The molecule has 1 aliphatic rings. The molecule has 0 radical (unpaired) electrons. The molecule has 2 aromatic carbocycles. The van der Waals surface area contributed by atoms with Crippen molar-refractivity contribution in [3.05, 3.63) is 65.2 Å². The van der Waals surface area contributed by atoms with Crippen LogP contribution >= 0.6 is 0 Å². The number of amides is 1. The fourth-order valence-corrected chi connectivity index (χ4v) is 2.84. The molecule has 2 aromatic rings. The van der Waals surface area contributed by atoms with Gasteiger partial charge in [-0.15, -0.1) is 0 Å². The molecule has 118 valence electrons. The molecule has 0 spiro atoms. The molecule has 23 heavy (non-hydrogen) atoms. The number of hydrogen-bond donors (Lipinski definition) is 0. The first-order valence-corrected chi connectivity index (χ1v) is 7.79. The molecule has 0 aliphatic carbocycles. The molecule has 1 amide bonds. The number of hydrogen-bond acceptors (Lipinski definition) is 3. The van der Waals surface area contributed by atoms with E-state index >= 15 is 0 Å². The summed E-state index contributed by atoms with van der Waals surface area (Å²) in [7, 11) is 0. The third-order valence-corrected chi connectivity index (χ3v) is 3.93. The van der Waals surface area contributed by atoms with E-state index in [1.165, 1.54) is 0 Å². The second-order valence-corrected chi connectivity index (χ2v) is 5.70. The molecular weight excluding hydrogens is 290 g/mol. The summed E-state index contributed by atoms with van der Waals surface area (Å²) in [6, 6.07) is 14.6. The molecule has 0 saturated heterocycles. The Hall–Kier alpha value is -2.62. The van der Waals surface area contributed by atoms with Crippen LogP contribution in [0.25, 0.3) is 0 Å².